The number of piperazine rings is 1. The number of carbonyl (C=O) groups excluding carboxylic acids is 1. The first kappa shape index (κ1) is 15.4. The zero-order chi connectivity index (χ0) is 13.5. The number of rotatable bonds is 6. The van der Waals surface area contributed by atoms with Crippen molar-refractivity contribution >= 4 is 5.91 Å². The smallest absolute Gasteiger partial charge is 0.239 e. The SMILES string of the molecule is CCC1CN(C(=O)[C@@H](N)CC)CCN1CCOC. The highest BCUT2D eigenvalue weighted by Gasteiger charge is 2.29. The molecule has 0 radical (unpaired) electrons. The summed E-state index contributed by atoms with van der Waals surface area (Å²) in [4.78, 5) is 16.4. The monoisotopic (exact) mass is 257 g/mol. The van der Waals surface area contributed by atoms with Crippen molar-refractivity contribution in [2.75, 3.05) is 39.9 Å². The topological polar surface area (TPSA) is 58.8 Å². The summed E-state index contributed by atoms with van der Waals surface area (Å²) in [5.41, 5.74) is 5.82. The summed E-state index contributed by atoms with van der Waals surface area (Å²) in [6.45, 7) is 8.31. The van der Waals surface area contributed by atoms with Crippen LogP contribution in [0.1, 0.15) is 26.7 Å². The minimum atomic E-state index is -0.340. The van der Waals surface area contributed by atoms with Crippen molar-refractivity contribution in [3.63, 3.8) is 0 Å². The summed E-state index contributed by atoms with van der Waals surface area (Å²) in [5, 5.41) is 0. The van der Waals surface area contributed by atoms with Crippen molar-refractivity contribution in [1.29, 1.82) is 0 Å². The van der Waals surface area contributed by atoms with Gasteiger partial charge in [-0.05, 0) is 12.8 Å². The number of ether oxygens (including phenoxy) is 1. The highest BCUT2D eigenvalue weighted by molar-refractivity contribution is 5.81. The summed E-state index contributed by atoms with van der Waals surface area (Å²) >= 11 is 0. The fraction of sp³-hybridized carbons (Fsp3) is 0.923. The van der Waals surface area contributed by atoms with E-state index in [1.165, 1.54) is 0 Å². The molecule has 0 aliphatic carbocycles. The van der Waals surface area contributed by atoms with E-state index in [2.05, 4.69) is 11.8 Å². The Morgan fingerprint density at radius 3 is 2.72 bits per heavy atom. The molecule has 5 nitrogen and oxygen atoms in total. The fourth-order valence-electron chi connectivity index (χ4n) is 2.39. The third kappa shape index (κ3) is 3.93. The van der Waals surface area contributed by atoms with E-state index in [4.69, 9.17) is 10.5 Å². The Morgan fingerprint density at radius 1 is 1.44 bits per heavy atom. The first-order chi connectivity index (χ1) is 8.63. The van der Waals surface area contributed by atoms with Crippen LogP contribution < -0.4 is 5.73 Å². The third-order valence-electron chi connectivity index (χ3n) is 3.73. The van der Waals surface area contributed by atoms with Gasteiger partial charge in [-0.25, -0.2) is 0 Å². The molecular weight excluding hydrogens is 230 g/mol. The second kappa shape index (κ2) is 7.71. The van der Waals surface area contributed by atoms with Crippen molar-refractivity contribution in [3.05, 3.63) is 0 Å². The molecule has 1 rings (SSSR count). The predicted molar refractivity (Wildman–Crippen MR) is 72.4 cm³/mol. The van der Waals surface area contributed by atoms with Crippen molar-refractivity contribution in [2.24, 2.45) is 5.73 Å². The van der Waals surface area contributed by atoms with Crippen LogP contribution in [0.3, 0.4) is 0 Å². The maximum atomic E-state index is 12.1. The van der Waals surface area contributed by atoms with Crippen LogP contribution >= 0.6 is 0 Å². The van der Waals surface area contributed by atoms with Crippen molar-refractivity contribution in [3.8, 4) is 0 Å². The molecule has 5 heteroatoms. The van der Waals surface area contributed by atoms with E-state index in [-0.39, 0.29) is 11.9 Å². The van der Waals surface area contributed by atoms with Gasteiger partial charge in [0.15, 0.2) is 0 Å². The van der Waals surface area contributed by atoms with E-state index < -0.39 is 0 Å². The lowest BCUT2D eigenvalue weighted by Crippen LogP contribution is -2.57. The average molecular weight is 257 g/mol. The molecule has 0 aromatic rings. The second-order valence-electron chi connectivity index (χ2n) is 4.89. The molecule has 1 amide bonds. The molecule has 106 valence electrons. The standard InChI is InChI=1S/C13H27N3O2/c1-4-11-10-16(13(17)12(14)5-2)7-6-15(11)8-9-18-3/h11-12H,4-10,14H2,1-3H3/t11?,12-/m0/s1. The molecule has 0 aromatic carbocycles. The van der Waals surface area contributed by atoms with Crippen molar-refractivity contribution in [1.82, 2.24) is 9.80 Å². The van der Waals surface area contributed by atoms with Gasteiger partial charge in [0.1, 0.15) is 0 Å². The highest BCUT2D eigenvalue weighted by atomic mass is 16.5. The van der Waals surface area contributed by atoms with Crippen molar-refractivity contribution in [2.45, 2.75) is 38.8 Å². The Morgan fingerprint density at radius 2 is 2.17 bits per heavy atom. The van der Waals surface area contributed by atoms with Crippen LogP contribution in [-0.2, 0) is 9.53 Å². The highest BCUT2D eigenvalue weighted by Crippen LogP contribution is 2.13. The van der Waals surface area contributed by atoms with E-state index in [1.54, 1.807) is 7.11 Å². The molecule has 0 bridgehead atoms. The molecule has 1 saturated heterocycles. The van der Waals surface area contributed by atoms with Gasteiger partial charge in [-0.2, -0.15) is 0 Å². The molecule has 18 heavy (non-hydrogen) atoms. The lowest BCUT2D eigenvalue weighted by Gasteiger charge is -2.41. The molecule has 1 aliphatic rings. The normalized spacial score (nSPS) is 23.1. The molecule has 2 atom stereocenters. The zero-order valence-electron chi connectivity index (χ0n) is 11.9. The van der Waals surface area contributed by atoms with Crippen LogP contribution in [0, 0.1) is 0 Å². The molecule has 0 spiro atoms. The second-order valence-corrected chi connectivity index (χ2v) is 4.89. The minimum absolute atomic E-state index is 0.0994. The van der Waals surface area contributed by atoms with Gasteiger partial charge in [-0.15, -0.1) is 0 Å². The Balaban J connectivity index is 2.52. The number of amides is 1. The first-order valence-corrected chi connectivity index (χ1v) is 6.91. The molecule has 1 fully saturated rings. The van der Waals surface area contributed by atoms with E-state index in [0.29, 0.717) is 12.5 Å². The number of methoxy groups -OCH3 is 1. The number of hydrogen-bond donors (Lipinski definition) is 1. The molecule has 1 aliphatic heterocycles. The predicted octanol–water partition coefficient (Wildman–Crippen LogP) is 0.293. The van der Waals surface area contributed by atoms with Crippen LogP contribution in [0.15, 0.2) is 0 Å². The van der Waals surface area contributed by atoms with Gasteiger partial charge in [0.25, 0.3) is 0 Å². The van der Waals surface area contributed by atoms with Gasteiger partial charge in [0, 0.05) is 39.3 Å². The molecule has 1 unspecified atom stereocenters. The Bertz CT molecular complexity index is 261. The average Bonchev–Trinajstić information content (AvgIpc) is 2.43. The van der Waals surface area contributed by atoms with Crippen molar-refractivity contribution < 1.29 is 9.53 Å². The third-order valence-corrected chi connectivity index (χ3v) is 3.73. The van der Waals surface area contributed by atoms with E-state index in [0.717, 1.165) is 39.2 Å². The quantitative estimate of drug-likeness (QED) is 0.743. The van der Waals surface area contributed by atoms with Gasteiger partial charge in [0.05, 0.1) is 12.6 Å². The maximum absolute atomic E-state index is 12.1. The summed E-state index contributed by atoms with van der Waals surface area (Å²) in [6.07, 6.45) is 1.76. The van der Waals surface area contributed by atoms with Crippen LogP contribution in [0.25, 0.3) is 0 Å². The first-order valence-electron chi connectivity index (χ1n) is 6.91. The maximum Gasteiger partial charge on any atom is 0.239 e. The molecule has 2 N–H and O–H groups in total. The Hall–Kier alpha value is -0.650. The lowest BCUT2D eigenvalue weighted by atomic mass is 10.1. The fourth-order valence-corrected chi connectivity index (χ4v) is 2.39. The van der Waals surface area contributed by atoms with Crippen LogP contribution in [0.2, 0.25) is 0 Å². The molecule has 1 heterocycles. The zero-order valence-corrected chi connectivity index (χ0v) is 11.9. The van der Waals surface area contributed by atoms with Gasteiger partial charge < -0.3 is 15.4 Å². The van der Waals surface area contributed by atoms with Crippen LogP contribution in [0.4, 0.5) is 0 Å². The lowest BCUT2D eigenvalue weighted by molar-refractivity contribution is -0.135. The van der Waals surface area contributed by atoms with Gasteiger partial charge >= 0.3 is 0 Å². The van der Waals surface area contributed by atoms with E-state index in [9.17, 15) is 4.79 Å². The number of nitrogens with zero attached hydrogens (tertiary/aromatic N) is 2. The summed E-state index contributed by atoms with van der Waals surface area (Å²) in [7, 11) is 1.72. The summed E-state index contributed by atoms with van der Waals surface area (Å²) < 4.78 is 5.13. The number of hydrogen-bond acceptors (Lipinski definition) is 4. The van der Waals surface area contributed by atoms with Crippen LogP contribution in [-0.4, -0.2) is 67.7 Å². The largest absolute Gasteiger partial charge is 0.383 e. The summed E-state index contributed by atoms with van der Waals surface area (Å²) in [5.74, 6) is 0.0994. The van der Waals surface area contributed by atoms with Gasteiger partial charge in [0.2, 0.25) is 5.91 Å². The molecular formula is C13H27N3O2. The number of nitrogens with two attached hydrogens (primary N) is 1. The summed E-state index contributed by atoms with van der Waals surface area (Å²) in [6, 6.07) is 0.0925. The van der Waals surface area contributed by atoms with Gasteiger partial charge in [-0.3, -0.25) is 9.69 Å². The molecule has 0 aromatic heterocycles. The van der Waals surface area contributed by atoms with E-state index >= 15 is 0 Å². The Labute approximate surface area is 110 Å². The Kier molecular flexibility index (Phi) is 6.60. The molecule has 0 saturated carbocycles. The minimum Gasteiger partial charge on any atom is -0.383 e. The van der Waals surface area contributed by atoms with E-state index in [1.807, 2.05) is 11.8 Å². The van der Waals surface area contributed by atoms with Crippen LogP contribution in [0.5, 0.6) is 0 Å². The number of carbonyl (C=O) groups is 1. The van der Waals surface area contributed by atoms with Gasteiger partial charge in [-0.1, -0.05) is 13.8 Å².